The zero-order valence-electron chi connectivity index (χ0n) is 12.9. The fourth-order valence-electron chi connectivity index (χ4n) is 1.99. The number of non-ortho nitro benzene ring substituents is 1. The van der Waals surface area contributed by atoms with E-state index in [2.05, 4.69) is 22.7 Å². The molecule has 0 aliphatic rings. The first-order chi connectivity index (χ1) is 11.1. The number of nitrogens with one attached hydrogen (secondary N) is 2. The van der Waals surface area contributed by atoms with Crippen LogP contribution in [-0.2, 0) is 0 Å². The number of amides is 1. The number of nitrogens with zero attached hydrogens (tertiary/aromatic N) is 3. The lowest BCUT2D eigenvalue weighted by Gasteiger charge is -2.04. The van der Waals surface area contributed by atoms with Crippen molar-refractivity contribution in [3.8, 4) is 5.69 Å². The number of nitro groups is 1. The van der Waals surface area contributed by atoms with E-state index in [1.54, 1.807) is 24.4 Å². The third-order valence-electron chi connectivity index (χ3n) is 3.14. The minimum atomic E-state index is -0.468. The van der Waals surface area contributed by atoms with Gasteiger partial charge in [-0.1, -0.05) is 13.0 Å². The standard InChI is InChI=1S/C15H19N5O3/c1-2-7-16-8-9-17-15(21)14-6-10-19(18-14)12-4-3-5-13(11-12)20(22)23/h3-6,10-11,16H,2,7-9H2,1H3,(H,17,21). The highest BCUT2D eigenvalue weighted by Gasteiger charge is 2.11. The molecule has 1 amide bonds. The second-order valence-electron chi connectivity index (χ2n) is 4.93. The van der Waals surface area contributed by atoms with E-state index in [-0.39, 0.29) is 17.3 Å². The fraction of sp³-hybridized carbons (Fsp3) is 0.333. The van der Waals surface area contributed by atoms with Crippen molar-refractivity contribution in [1.82, 2.24) is 20.4 Å². The summed E-state index contributed by atoms with van der Waals surface area (Å²) in [7, 11) is 0. The van der Waals surface area contributed by atoms with E-state index in [9.17, 15) is 14.9 Å². The van der Waals surface area contributed by atoms with Crippen molar-refractivity contribution < 1.29 is 9.72 Å². The average Bonchev–Trinajstić information content (AvgIpc) is 3.04. The number of benzene rings is 1. The second-order valence-corrected chi connectivity index (χ2v) is 4.93. The molecule has 8 heteroatoms. The quantitative estimate of drug-likeness (QED) is 0.436. The van der Waals surface area contributed by atoms with Crippen LogP contribution in [0.3, 0.4) is 0 Å². The SMILES string of the molecule is CCCNCCNC(=O)c1ccn(-c2cccc([N+](=O)[O-])c2)n1. The zero-order chi connectivity index (χ0) is 16.7. The van der Waals surface area contributed by atoms with Crippen LogP contribution >= 0.6 is 0 Å². The molecule has 0 aliphatic carbocycles. The van der Waals surface area contributed by atoms with Crippen molar-refractivity contribution in [1.29, 1.82) is 0 Å². The van der Waals surface area contributed by atoms with Gasteiger partial charge < -0.3 is 10.6 Å². The van der Waals surface area contributed by atoms with E-state index in [0.29, 0.717) is 18.8 Å². The maximum absolute atomic E-state index is 12.0. The Morgan fingerprint density at radius 3 is 2.87 bits per heavy atom. The summed E-state index contributed by atoms with van der Waals surface area (Å²) in [5, 5.41) is 20.9. The molecule has 0 bridgehead atoms. The minimum absolute atomic E-state index is 0.0222. The van der Waals surface area contributed by atoms with Crippen molar-refractivity contribution >= 4 is 11.6 Å². The molecular weight excluding hydrogens is 298 g/mol. The van der Waals surface area contributed by atoms with Gasteiger partial charge in [0, 0.05) is 31.4 Å². The number of carbonyl (C=O) groups excluding carboxylic acids is 1. The van der Waals surface area contributed by atoms with Gasteiger partial charge in [0.15, 0.2) is 5.69 Å². The van der Waals surface area contributed by atoms with Crippen molar-refractivity contribution in [2.24, 2.45) is 0 Å². The van der Waals surface area contributed by atoms with Crippen LogP contribution in [-0.4, -0.2) is 40.2 Å². The number of hydrogen-bond donors (Lipinski definition) is 2. The molecule has 0 fully saturated rings. The van der Waals surface area contributed by atoms with Crippen LogP contribution in [0.15, 0.2) is 36.5 Å². The molecule has 122 valence electrons. The van der Waals surface area contributed by atoms with E-state index >= 15 is 0 Å². The lowest BCUT2D eigenvalue weighted by atomic mass is 10.3. The van der Waals surface area contributed by atoms with Gasteiger partial charge in [0.05, 0.1) is 10.6 Å². The average molecular weight is 317 g/mol. The molecule has 2 rings (SSSR count). The number of aromatic nitrogens is 2. The highest BCUT2D eigenvalue weighted by molar-refractivity contribution is 5.92. The first-order valence-corrected chi connectivity index (χ1v) is 7.41. The number of carbonyl (C=O) groups is 1. The Labute approximate surface area is 133 Å². The summed E-state index contributed by atoms with van der Waals surface area (Å²) < 4.78 is 1.44. The van der Waals surface area contributed by atoms with Crippen LogP contribution < -0.4 is 10.6 Å². The van der Waals surface area contributed by atoms with E-state index in [1.165, 1.54) is 16.8 Å². The molecule has 1 aromatic heterocycles. The van der Waals surface area contributed by atoms with Crippen molar-refractivity contribution in [2.75, 3.05) is 19.6 Å². The molecule has 0 aliphatic heterocycles. The van der Waals surface area contributed by atoms with Gasteiger partial charge in [-0.2, -0.15) is 5.10 Å². The largest absolute Gasteiger partial charge is 0.349 e. The predicted octanol–water partition coefficient (Wildman–Crippen LogP) is 1.51. The molecule has 1 aromatic carbocycles. The van der Waals surface area contributed by atoms with Crippen LogP contribution in [0.5, 0.6) is 0 Å². The zero-order valence-corrected chi connectivity index (χ0v) is 12.9. The first kappa shape index (κ1) is 16.6. The molecule has 2 aromatic rings. The summed E-state index contributed by atoms with van der Waals surface area (Å²) in [4.78, 5) is 22.3. The molecular formula is C15H19N5O3. The number of nitro benzene ring substituents is 1. The molecule has 8 nitrogen and oxygen atoms in total. The van der Waals surface area contributed by atoms with Crippen LogP contribution in [0.2, 0.25) is 0 Å². The third kappa shape index (κ3) is 4.62. The summed E-state index contributed by atoms with van der Waals surface area (Å²) in [6.45, 7) is 4.21. The van der Waals surface area contributed by atoms with Gasteiger partial charge in [0.1, 0.15) is 0 Å². The van der Waals surface area contributed by atoms with E-state index in [0.717, 1.165) is 13.0 Å². The minimum Gasteiger partial charge on any atom is -0.349 e. The van der Waals surface area contributed by atoms with Gasteiger partial charge in [-0.15, -0.1) is 0 Å². The summed E-state index contributed by atoms with van der Waals surface area (Å²) in [6, 6.07) is 7.66. The van der Waals surface area contributed by atoms with Crippen LogP contribution in [0, 0.1) is 10.1 Å². The van der Waals surface area contributed by atoms with E-state index in [4.69, 9.17) is 0 Å². The Kier molecular flexibility index (Phi) is 5.81. The second kappa shape index (κ2) is 8.04. The van der Waals surface area contributed by atoms with E-state index in [1.807, 2.05) is 0 Å². The molecule has 23 heavy (non-hydrogen) atoms. The van der Waals surface area contributed by atoms with Crippen molar-refractivity contribution in [3.63, 3.8) is 0 Å². The summed E-state index contributed by atoms with van der Waals surface area (Å²) in [5.74, 6) is -0.271. The smallest absolute Gasteiger partial charge is 0.271 e. The Hall–Kier alpha value is -2.74. The molecule has 2 N–H and O–H groups in total. The molecule has 0 spiro atoms. The topological polar surface area (TPSA) is 102 Å². The van der Waals surface area contributed by atoms with Crippen LogP contribution in [0.25, 0.3) is 5.69 Å². The monoisotopic (exact) mass is 317 g/mol. The van der Waals surface area contributed by atoms with Gasteiger partial charge in [-0.25, -0.2) is 4.68 Å². The Bertz CT molecular complexity index is 683. The predicted molar refractivity (Wildman–Crippen MR) is 85.7 cm³/mol. The van der Waals surface area contributed by atoms with Crippen LogP contribution in [0.4, 0.5) is 5.69 Å². The third-order valence-corrected chi connectivity index (χ3v) is 3.14. The molecule has 0 atom stereocenters. The summed E-state index contributed by atoms with van der Waals surface area (Å²) in [6.07, 6.45) is 2.64. The molecule has 0 radical (unpaired) electrons. The molecule has 0 saturated heterocycles. The van der Waals surface area contributed by atoms with Gasteiger partial charge in [0.25, 0.3) is 11.6 Å². The maximum atomic E-state index is 12.0. The fourth-order valence-corrected chi connectivity index (χ4v) is 1.99. The van der Waals surface area contributed by atoms with E-state index < -0.39 is 4.92 Å². The number of hydrogen-bond acceptors (Lipinski definition) is 5. The molecule has 0 saturated carbocycles. The lowest BCUT2D eigenvalue weighted by Crippen LogP contribution is -2.32. The molecule has 1 heterocycles. The number of rotatable bonds is 8. The normalized spacial score (nSPS) is 10.5. The van der Waals surface area contributed by atoms with Gasteiger partial charge in [0.2, 0.25) is 0 Å². The lowest BCUT2D eigenvalue weighted by molar-refractivity contribution is -0.384. The van der Waals surface area contributed by atoms with Crippen molar-refractivity contribution in [3.05, 3.63) is 52.3 Å². The Balaban J connectivity index is 1.98. The maximum Gasteiger partial charge on any atom is 0.271 e. The summed E-state index contributed by atoms with van der Waals surface area (Å²) in [5.41, 5.74) is 0.779. The highest BCUT2D eigenvalue weighted by Crippen LogP contribution is 2.16. The highest BCUT2D eigenvalue weighted by atomic mass is 16.6. The van der Waals surface area contributed by atoms with Gasteiger partial charge in [-0.3, -0.25) is 14.9 Å². The van der Waals surface area contributed by atoms with Crippen LogP contribution in [0.1, 0.15) is 23.8 Å². The first-order valence-electron chi connectivity index (χ1n) is 7.41. The molecule has 0 unspecified atom stereocenters. The van der Waals surface area contributed by atoms with Gasteiger partial charge >= 0.3 is 0 Å². The Morgan fingerprint density at radius 1 is 1.30 bits per heavy atom. The Morgan fingerprint density at radius 2 is 2.13 bits per heavy atom. The van der Waals surface area contributed by atoms with Crippen molar-refractivity contribution in [2.45, 2.75) is 13.3 Å². The van der Waals surface area contributed by atoms with Gasteiger partial charge in [-0.05, 0) is 25.1 Å². The summed E-state index contributed by atoms with van der Waals surface area (Å²) >= 11 is 0.